The van der Waals surface area contributed by atoms with Crippen molar-refractivity contribution in [1.82, 2.24) is 10.6 Å². The van der Waals surface area contributed by atoms with Gasteiger partial charge >= 0.3 is 6.03 Å². The third-order valence-corrected chi connectivity index (χ3v) is 4.71. The van der Waals surface area contributed by atoms with E-state index in [1.165, 1.54) is 5.56 Å². The standard InChI is InChI=1S/C18H26N2O3/c21-18(19-12-17-13-22-10-11-23-17)20-16-8-6-15(7-9-16)14-4-2-1-3-5-14/h1-5,15-17H,6-13H2,(H2,19,20,21)/t15?,16?,17-/m0/s1. The number of urea groups is 1. The number of rotatable bonds is 4. The largest absolute Gasteiger partial charge is 0.376 e. The van der Waals surface area contributed by atoms with Gasteiger partial charge in [-0.3, -0.25) is 0 Å². The molecule has 23 heavy (non-hydrogen) atoms. The van der Waals surface area contributed by atoms with E-state index in [1.54, 1.807) is 0 Å². The lowest BCUT2D eigenvalue weighted by Crippen LogP contribution is -2.47. The lowest BCUT2D eigenvalue weighted by molar-refractivity contribution is -0.0853. The van der Waals surface area contributed by atoms with Crippen LogP contribution in [0.1, 0.15) is 37.2 Å². The summed E-state index contributed by atoms with van der Waals surface area (Å²) in [6.45, 7) is 2.32. The highest BCUT2D eigenvalue weighted by Gasteiger charge is 2.23. The molecule has 126 valence electrons. The maximum atomic E-state index is 12.0. The number of hydrogen-bond acceptors (Lipinski definition) is 3. The van der Waals surface area contributed by atoms with Gasteiger partial charge < -0.3 is 20.1 Å². The lowest BCUT2D eigenvalue weighted by Gasteiger charge is -2.30. The Kier molecular flexibility index (Phi) is 5.88. The van der Waals surface area contributed by atoms with Crippen LogP contribution in [0.25, 0.3) is 0 Å². The molecule has 2 amide bonds. The van der Waals surface area contributed by atoms with Crippen molar-refractivity contribution < 1.29 is 14.3 Å². The molecular formula is C18H26N2O3. The Labute approximate surface area is 137 Å². The molecule has 0 bridgehead atoms. The van der Waals surface area contributed by atoms with Crippen molar-refractivity contribution in [3.63, 3.8) is 0 Å². The Hall–Kier alpha value is -1.59. The molecule has 1 aliphatic heterocycles. The number of benzene rings is 1. The fourth-order valence-corrected chi connectivity index (χ4v) is 3.39. The first-order chi connectivity index (χ1) is 11.3. The average molecular weight is 318 g/mol. The first-order valence-electron chi connectivity index (χ1n) is 8.60. The van der Waals surface area contributed by atoms with Crippen molar-refractivity contribution in [2.24, 2.45) is 0 Å². The van der Waals surface area contributed by atoms with Crippen molar-refractivity contribution in [3.05, 3.63) is 35.9 Å². The minimum atomic E-state index is -0.0951. The van der Waals surface area contributed by atoms with Gasteiger partial charge in [0.25, 0.3) is 0 Å². The average Bonchev–Trinajstić information content (AvgIpc) is 2.62. The van der Waals surface area contributed by atoms with Gasteiger partial charge in [-0.2, -0.15) is 0 Å². The molecule has 0 aromatic heterocycles. The van der Waals surface area contributed by atoms with E-state index in [-0.39, 0.29) is 18.2 Å². The minimum absolute atomic E-state index is 0.0247. The van der Waals surface area contributed by atoms with E-state index in [9.17, 15) is 4.79 Å². The second-order valence-corrected chi connectivity index (χ2v) is 6.38. The van der Waals surface area contributed by atoms with Crippen molar-refractivity contribution in [3.8, 4) is 0 Å². The third-order valence-electron chi connectivity index (χ3n) is 4.71. The molecule has 5 heteroatoms. The molecule has 1 atom stereocenters. The first-order valence-corrected chi connectivity index (χ1v) is 8.60. The molecule has 0 unspecified atom stereocenters. The summed E-state index contributed by atoms with van der Waals surface area (Å²) in [5.41, 5.74) is 1.42. The zero-order chi connectivity index (χ0) is 15.9. The van der Waals surface area contributed by atoms with E-state index in [2.05, 4.69) is 41.0 Å². The fraction of sp³-hybridized carbons (Fsp3) is 0.611. The molecule has 5 nitrogen and oxygen atoms in total. The predicted molar refractivity (Wildman–Crippen MR) is 88.5 cm³/mol. The fourth-order valence-electron chi connectivity index (χ4n) is 3.39. The number of carbonyl (C=O) groups excluding carboxylic acids is 1. The van der Waals surface area contributed by atoms with Gasteiger partial charge in [-0.05, 0) is 37.2 Å². The zero-order valence-electron chi connectivity index (χ0n) is 13.5. The number of nitrogens with one attached hydrogen (secondary N) is 2. The monoisotopic (exact) mass is 318 g/mol. The van der Waals surface area contributed by atoms with Crippen LogP contribution in [0.2, 0.25) is 0 Å². The molecular weight excluding hydrogens is 292 g/mol. The second-order valence-electron chi connectivity index (χ2n) is 6.38. The van der Waals surface area contributed by atoms with E-state index in [0.29, 0.717) is 32.3 Å². The summed E-state index contributed by atoms with van der Waals surface area (Å²) in [5.74, 6) is 0.630. The normalized spacial score (nSPS) is 28.1. The molecule has 2 aliphatic rings. The topological polar surface area (TPSA) is 59.6 Å². The van der Waals surface area contributed by atoms with E-state index >= 15 is 0 Å². The van der Waals surface area contributed by atoms with Crippen LogP contribution in [0, 0.1) is 0 Å². The van der Waals surface area contributed by atoms with Crippen LogP contribution in [0.5, 0.6) is 0 Å². The maximum absolute atomic E-state index is 12.0. The smallest absolute Gasteiger partial charge is 0.315 e. The summed E-state index contributed by atoms with van der Waals surface area (Å²) in [5, 5.41) is 5.97. The highest BCUT2D eigenvalue weighted by atomic mass is 16.6. The highest BCUT2D eigenvalue weighted by molar-refractivity contribution is 5.74. The van der Waals surface area contributed by atoms with Crippen LogP contribution in [0.3, 0.4) is 0 Å². The molecule has 1 aromatic rings. The van der Waals surface area contributed by atoms with Crippen LogP contribution in [0.4, 0.5) is 4.79 Å². The Morgan fingerprint density at radius 2 is 1.87 bits per heavy atom. The quantitative estimate of drug-likeness (QED) is 0.896. The third kappa shape index (κ3) is 4.94. The molecule has 1 aromatic carbocycles. The van der Waals surface area contributed by atoms with Crippen molar-refractivity contribution in [2.45, 2.75) is 43.7 Å². The molecule has 0 radical (unpaired) electrons. The predicted octanol–water partition coefficient (Wildman–Crippen LogP) is 2.43. The lowest BCUT2D eigenvalue weighted by atomic mass is 9.82. The Morgan fingerprint density at radius 3 is 2.57 bits per heavy atom. The molecule has 1 heterocycles. The number of carbonyl (C=O) groups is 1. The zero-order valence-corrected chi connectivity index (χ0v) is 13.5. The van der Waals surface area contributed by atoms with Crippen LogP contribution in [-0.2, 0) is 9.47 Å². The van der Waals surface area contributed by atoms with E-state index in [1.807, 2.05) is 0 Å². The van der Waals surface area contributed by atoms with Crippen LogP contribution >= 0.6 is 0 Å². The van der Waals surface area contributed by atoms with Crippen molar-refractivity contribution in [1.29, 1.82) is 0 Å². The van der Waals surface area contributed by atoms with Crippen LogP contribution < -0.4 is 10.6 Å². The van der Waals surface area contributed by atoms with Gasteiger partial charge in [0.1, 0.15) is 0 Å². The van der Waals surface area contributed by atoms with Crippen LogP contribution in [0.15, 0.2) is 30.3 Å². The van der Waals surface area contributed by atoms with E-state index in [0.717, 1.165) is 25.7 Å². The molecule has 1 aliphatic carbocycles. The maximum Gasteiger partial charge on any atom is 0.315 e. The first kappa shape index (κ1) is 16.3. The van der Waals surface area contributed by atoms with Gasteiger partial charge in [0.2, 0.25) is 0 Å². The van der Waals surface area contributed by atoms with Gasteiger partial charge in [0.05, 0.1) is 25.9 Å². The molecule has 1 saturated carbocycles. The number of amides is 2. The summed E-state index contributed by atoms with van der Waals surface area (Å²) in [4.78, 5) is 12.0. The second kappa shape index (κ2) is 8.31. The van der Waals surface area contributed by atoms with Crippen LogP contribution in [-0.4, -0.2) is 44.5 Å². The van der Waals surface area contributed by atoms with Gasteiger partial charge in [-0.25, -0.2) is 4.79 Å². The molecule has 2 N–H and O–H groups in total. The highest BCUT2D eigenvalue weighted by Crippen LogP contribution is 2.32. The summed E-state index contributed by atoms with van der Waals surface area (Å²) in [7, 11) is 0. The molecule has 1 saturated heterocycles. The molecule has 0 spiro atoms. The summed E-state index contributed by atoms with van der Waals surface area (Å²) < 4.78 is 10.8. The number of hydrogen-bond donors (Lipinski definition) is 2. The molecule has 2 fully saturated rings. The van der Waals surface area contributed by atoms with Crippen molar-refractivity contribution >= 4 is 6.03 Å². The Balaban J connectivity index is 1.36. The summed E-state index contributed by atoms with van der Waals surface area (Å²) in [6, 6.07) is 10.9. The Morgan fingerprint density at radius 1 is 1.09 bits per heavy atom. The molecule has 3 rings (SSSR count). The SMILES string of the molecule is O=C(NC[C@H]1COCCO1)NC1CCC(c2ccccc2)CC1. The van der Waals surface area contributed by atoms with E-state index in [4.69, 9.17) is 9.47 Å². The van der Waals surface area contributed by atoms with Gasteiger partial charge in [0, 0.05) is 12.6 Å². The van der Waals surface area contributed by atoms with Gasteiger partial charge in [0.15, 0.2) is 0 Å². The Bertz CT molecular complexity index is 480. The number of ether oxygens (including phenoxy) is 2. The summed E-state index contributed by atoms with van der Waals surface area (Å²) in [6.07, 6.45) is 4.32. The van der Waals surface area contributed by atoms with E-state index < -0.39 is 0 Å². The van der Waals surface area contributed by atoms with Crippen molar-refractivity contribution in [2.75, 3.05) is 26.4 Å². The van der Waals surface area contributed by atoms with Gasteiger partial charge in [-0.15, -0.1) is 0 Å². The minimum Gasteiger partial charge on any atom is -0.376 e. The summed E-state index contributed by atoms with van der Waals surface area (Å²) >= 11 is 0. The van der Waals surface area contributed by atoms with Gasteiger partial charge in [-0.1, -0.05) is 30.3 Å².